The molecule has 86 valence electrons. The lowest BCUT2D eigenvalue weighted by Crippen LogP contribution is -2.25. The van der Waals surface area contributed by atoms with Gasteiger partial charge in [-0.05, 0) is 13.1 Å². The number of nitro groups is 1. The SMILES string of the molecule is CNCC(=O)Nc1ccc([N+](=O)[O-])cc1Cl. The van der Waals surface area contributed by atoms with Crippen molar-refractivity contribution in [3.05, 3.63) is 33.3 Å². The molecule has 0 saturated carbocycles. The fourth-order valence-electron chi connectivity index (χ4n) is 1.07. The van der Waals surface area contributed by atoms with E-state index < -0.39 is 4.92 Å². The maximum Gasteiger partial charge on any atom is 0.271 e. The first-order chi connectivity index (χ1) is 7.54. The van der Waals surface area contributed by atoms with Crippen LogP contribution < -0.4 is 10.6 Å². The van der Waals surface area contributed by atoms with Gasteiger partial charge < -0.3 is 10.6 Å². The fourth-order valence-corrected chi connectivity index (χ4v) is 1.30. The van der Waals surface area contributed by atoms with E-state index in [-0.39, 0.29) is 23.2 Å². The molecule has 0 radical (unpaired) electrons. The first-order valence-corrected chi connectivity index (χ1v) is 4.80. The van der Waals surface area contributed by atoms with Gasteiger partial charge in [-0.15, -0.1) is 0 Å². The van der Waals surface area contributed by atoms with Crippen LogP contribution in [0.3, 0.4) is 0 Å². The molecule has 1 aromatic carbocycles. The highest BCUT2D eigenvalue weighted by Crippen LogP contribution is 2.26. The number of carbonyl (C=O) groups is 1. The Balaban J connectivity index is 2.83. The molecule has 1 rings (SSSR count). The lowest BCUT2D eigenvalue weighted by molar-refractivity contribution is -0.384. The largest absolute Gasteiger partial charge is 0.324 e. The Morgan fingerprint density at radius 3 is 2.75 bits per heavy atom. The van der Waals surface area contributed by atoms with Crippen molar-refractivity contribution in [2.75, 3.05) is 18.9 Å². The number of amides is 1. The van der Waals surface area contributed by atoms with Gasteiger partial charge in [0.05, 0.1) is 22.2 Å². The quantitative estimate of drug-likeness (QED) is 0.619. The summed E-state index contributed by atoms with van der Waals surface area (Å²) >= 11 is 5.78. The summed E-state index contributed by atoms with van der Waals surface area (Å²) in [7, 11) is 1.64. The number of rotatable bonds is 4. The van der Waals surface area contributed by atoms with Crippen molar-refractivity contribution in [3.8, 4) is 0 Å². The van der Waals surface area contributed by atoms with E-state index >= 15 is 0 Å². The van der Waals surface area contributed by atoms with Crippen LogP contribution in [0.1, 0.15) is 0 Å². The van der Waals surface area contributed by atoms with Gasteiger partial charge in [0, 0.05) is 12.1 Å². The summed E-state index contributed by atoms with van der Waals surface area (Å²) in [5, 5.41) is 15.8. The third-order valence-electron chi connectivity index (χ3n) is 1.77. The number of carbonyl (C=O) groups excluding carboxylic acids is 1. The van der Waals surface area contributed by atoms with Gasteiger partial charge in [-0.25, -0.2) is 0 Å². The molecule has 16 heavy (non-hydrogen) atoms. The molecule has 0 aliphatic rings. The Bertz CT molecular complexity index is 422. The van der Waals surface area contributed by atoms with E-state index in [2.05, 4.69) is 10.6 Å². The van der Waals surface area contributed by atoms with Gasteiger partial charge >= 0.3 is 0 Å². The summed E-state index contributed by atoms with van der Waals surface area (Å²) in [5.74, 6) is -0.266. The standard InChI is InChI=1S/C9H10ClN3O3/c1-11-5-9(14)12-8-3-2-6(13(15)16)4-7(8)10/h2-4,11H,5H2,1H3,(H,12,14). The van der Waals surface area contributed by atoms with E-state index in [0.29, 0.717) is 5.69 Å². The number of hydrogen-bond acceptors (Lipinski definition) is 4. The van der Waals surface area contributed by atoms with Crippen LogP contribution in [0, 0.1) is 10.1 Å². The van der Waals surface area contributed by atoms with Crippen LogP contribution >= 0.6 is 11.6 Å². The molecule has 0 heterocycles. The number of nitrogens with zero attached hydrogens (tertiary/aromatic N) is 1. The maximum atomic E-state index is 11.2. The van der Waals surface area contributed by atoms with Gasteiger partial charge in [-0.3, -0.25) is 14.9 Å². The predicted octanol–water partition coefficient (Wildman–Crippen LogP) is 1.41. The molecule has 0 saturated heterocycles. The van der Waals surface area contributed by atoms with Crippen molar-refractivity contribution < 1.29 is 9.72 Å². The van der Waals surface area contributed by atoms with Crippen LogP contribution in [-0.4, -0.2) is 24.4 Å². The number of nitro benzene ring substituents is 1. The third kappa shape index (κ3) is 3.18. The average Bonchev–Trinajstić information content (AvgIpc) is 2.21. The smallest absolute Gasteiger partial charge is 0.271 e. The highest BCUT2D eigenvalue weighted by molar-refractivity contribution is 6.34. The molecule has 0 fully saturated rings. The van der Waals surface area contributed by atoms with Crippen molar-refractivity contribution in [3.63, 3.8) is 0 Å². The zero-order chi connectivity index (χ0) is 12.1. The van der Waals surface area contributed by atoms with E-state index in [9.17, 15) is 14.9 Å². The van der Waals surface area contributed by atoms with Crippen LogP contribution in [0.4, 0.5) is 11.4 Å². The van der Waals surface area contributed by atoms with Crippen LogP contribution in [-0.2, 0) is 4.79 Å². The lowest BCUT2D eigenvalue weighted by Gasteiger charge is -2.06. The minimum Gasteiger partial charge on any atom is -0.324 e. The van der Waals surface area contributed by atoms with Gasteiger partial charge in [0.25, 0.3) is 5.69 Å². The van der Waals surface area contributed by atoms with Gasteiger partial charge in [-0.1, -0.05) is 11.6 Å². The van der Waals surface area contributed by atoms with Crippen LogP contribution in [0.15, 0.2) is 18.2 Å². The van der Waals surface area contributed by atoms with Crippen molar-refractivity contribution in [2.24, 2.45) is 0 Å². The highest BCUT2D eigenvalue weighted by atomic mass is 35.5. The second kappa shape index (κ2) is 5.43. The van der Waals surface area contributed by atoms with Crippen LogP contribution in [0.5, 0.6) is 0 Å². The molecule has 0 aromatic heterocycles. The second-order valence-electron chi connectivity index (χ2n) is 3.00. The topological polar surface area (TPSA) is 84.3 Å². The number of nitrogens with one attached hydrogen (secondary N) is 2. The van der Waals surface area contributed by atoms with E-state index in [0.717, 1.165) is 0 Å². The van der Waals surface area contributed by atoms with Crippen LogP contribution in [0.25, 0.3) is 0 Å². The number of anilines is 1. The van der Waals surface area contributed by atoms with Gasteiger partial charge in [0.15, 0.2) is 0 Å². The number of halogens is 1. The molecule has 1 amide bonds. The molecular formula is C9H10ClN3O3. The monoisotopic (exact) mass is 243 g/mol. The lowest BCUT2D eigenvalue weighted by atomic mass is 10.3. The molecular weight excluding hydrogens is 234 g/mol. The summed E-state index contributed by atoms with van der Waals surface area (Å²) in [6.07, 6.45) is 0. The van der Waals surface area contributed by atoms with E-state index in [1.54, 1.807) is 7.05 Å². The van der Waals surface area contributed by atoms with E-state index in [4.69, 9.17) is 11.6 Å². The highest BCUT2D eigenvalue weighted by Gasteiger charge is 2.10. The number of non-ortho nitro benzene ring substituents is 1. The number of likely N-dealkylation sites (N-methyl/N-ethyl adjacent to an activating group) is 1. The third-order valence-corrected chi connectivity index (χ3v) is 2.09. The Kier molecular flexibility index (Phi) is 4.21. The Morgan fingerprint density at radius 1 is 1.56 bits per heavy atom. The molecule has 2 N–H and O–H groups in total. The molecule has 0 atom stereocenters. The first kappa shape index (κ1) is 12.4. The average molecular weight is 244 g/mol. The molecule has 6 nitrogen and oxygen atoms in total. The van der Waals surface area contributed by atoms with E-state index in [1.807, 2.05) is 0 Å². The summed E-state index contributed by atoms with van der Waals surface area (Å²) in [6, 6.07) is 3.87. The fraction of sp³-hybridized carbons (Fsp3) is 0.222. The molecule has 0 spiro atoms. The van der Waals surface area contributed by atoms with Gasteiger partial charge in [0.2, 0.25) is 5.91 Å². The zero-order valence-electron chi connectivity index (χ0n) is 8.49. The van der Waals surface area contributed by atoms with Crippen molar-refractivity contribution in [1.29, 1.82) is 0 Å². The van der Waals surface area contributed by atoms with Crippen LogP contribution in [0.2, 0.25) is 5.02 Å². The van der Waals surface area contributed by atoms with Gasteiger partial charge in [0.1, 0.15) is 0 Å². The minimum absolute atomic E-state index is 0.114. The second-order valence-corrected chi connectivity index (χ2v) is 3.41. The summed E-state index contributed by atoms with van der Waals surface area (Å²) in [5.41, 5.74) is 0.240. The number of benzene rings is 1. The summed E-state index contributed by atoms with van der Waals surface area (Å²) < 4.78 is 0. The normalized spacial score (nSPS) is 9.88. The summed E-state index contributed by atoms with van der Waals surface area (Å²) in [6.45, 7) is 0.146. The first-order valence-electron chi connectivity index (χ1n) is 4.43. The van der Waals surface area contributed by atoms with Gasteiger partial charge in [-0.2, -0.15) is 0 Å². The molecule has 0 unspecified atom stereocenters. The predicted molar refractivity (Wildman–Crippen MR) is 60.7 cm³/mol. The van der Waals surface area contributed by atoms with Crippen molar-refractivity contribution >= 4 is 28.9 Å². The van der Waals surface area contributed by atoms with Crippen molar-refractivity contribution in [1.82, 2.24) is 5.32 Å². The van der Waals surface area contributed by atoms with Crippen molar-refractivity contribution in [2.45, 2.75) is 0 Å². The Hall–Kier alpha value is -1.66. The Labute approximate surface area is 96.7 Å². The molecule has 1 aromatic rings. The molecule has 0 aliphatic heterocycles. The molecule has 7 heteroatoms. The minimum atomic E-state index is -0.551. The van der Waals surface area contributed by atoms with E-state index in [1.165, 1.54) is 18.2 Å². The molecule has 0 aliphatic carbocycles. The summed E-state index contributed by atoms with van der Waals surface area (Å²) in [4.78, 5) is 21.1. The maximum absolute atomic E-state index is 11.2. The zero-order valence-corrected chi connectivity index (χ0v) is 9.25. The Morgan fingerprint density at radius 2 is 2.25 bits per heavy atom. The number of hydrogen-bond donors (Lipinski definition) is 2. The molecule has 0 bridgehead atoms.